The van der Waals surface area contributed by atoms with Gasteiger partial charge in [0.2, 0.25) is 11.6 Å². The third-order valence-corrected chi connectivity index (χ3v) is 2.15. The summed E-state index contributed by atoms with van der Waals surface area (Å²) in [5.74, 6) is -0.660. The standard InChI is InChI=1S/C12H13N3O3/c1-2-17-11(16)9-10(13)18-12(15-9)14-8-6-4-3-5-7-8/h3-7H,2,13H2,1H3,(H,14,15). The molecule has 6 nitrogen and oxygen atoms in total. The van der Waals surface area contributed by atoms with Gasteiger partial charge in [-0.05, 0) is 19.1 Å². The Labute approximate surface area is 104 Å². The van der Waals surface area contributed by atoms with Gasteiger partial charge in [-0.2, -0.15) is 4.98 Å². The molecule has 0 aliphatic heterocycles. The van der Waals surface area contributed by atoms with E-state index in [1.807, 2.05) is 30.3 Å². The van der Waals surface area contributed by atoms with Crippen molar-refractivity contribution >= 4 is 23.6 Å². The molecule has 2 rings (SSSR count). The summed E-state index contributed by atoms with van der Waals surface area (Å²) in [7, 11) is 0. The highest BCUT2D eigenvalue weighted by molar-refractivity contribution is 5.92. The second-order valence-electron chi connectivity index (χ2n) is 3.44. The van der Waals surface area contributed by atoms with E-state index in [1.54, 1.807) is 6.92 Å². The van der Waals surface area contributed by atoms with Crippen molar-refractivity contribution in [3.63, 3.8) is 0 Å². The fraction of sp³-hybridized carbons (Fsp3) is 0.167. The lowest BCUT2D eigenvalue weighted by molar-refractivity contribution is 0.0521. The average molecular weight is 247 g/mol. The van der Waals surface area contributed by atoms with E-state index in [1.165, 1.54) is 0 Å². The molecule has 0 amide bonds. The highest BCUT2D eigenvalue weighted by atomic mass is 16.5. The number of ether oxygens (including phenoxy) is 1. The number of aromatic nitrogens is 1. The van der Waals surface area contributed by atoms with Crippen LogP contribution in [0.1, 0.15) is 17.4 Å². The van der Waals surface area contributed by atoms with Gasteiger partial charge in [-0.1, -0.05) is 18.2 Å². The molecular formula is C12H13N3O3. The van der Waals surface area contributed by atoms with Crippen LogP contribution in [-0.4, -0.2) is 17.6 Å². The van der Waals surface area contributed by atoms with Crippen molar-refractivity contribution in [2.45, 2.75) is 6.92 Å². The maximum Gasteiger partial charge on any atom is 0.362 e. The monoisotopic (exact) mass is 247 g/mol. The van der Waals surface area contributed by atoms with E-state index in [2.05, 4.69) is 10.3 Å². The van der Waals surface area contributed by atoms with Gasteiger partial charge in [-0.25, -0.2) is 4.79 Å². The topological polar surface area (TPSA) is 90.4 Å². The number of esters is 1. The van der Waals surface area contributed by atoms with Crippen molar-refractivity contribution in [3.05, 3.63) is 36.0 Å². The number of benzene rings is 1. The molecule has 0 atom stereocenters. The number of carbonyl (C=O) groups excluding carboxylic acids is 1. The molecule has 1 aromatic heterocycles. The number of nitrogens with two attached hydrogens (primary N) is 1. The van der Waals surface area contributed by atoms with Gasteiger partial charge in [0.05, 0.1) is 6.61 Å². The lowest BCUT2D eigenvalue weighted by atomic mass is 10.3. The summed E-state index contributed by atoms with van der Waals surface area (Å²) in [6.07, 6.45) is 0. The van der Waals surface area contributed by atoms with Crippen molar-refractivity contribution in [1.82, 2.24) is 4.98 Å². The zero-order chi connectivity index (χ0) is 13.0. The second kappa shape index (κ2) is 5.22. The molecular weight excluding hydrogens is 234 g/mol. The van der Waals surface area contributed by atoms with E-state index in [9.17, 15) is 4.79 Å². The number of para-hydroxylation sites is 1. The van der Waals surface area contributed by atoms with E-state index in [0.717, 1.165) is 5.69 Å². The zero-order valence-electron chi connectivity index (χ0n) is 9.84. The summed E-state index contributed by atoms with van der Waals surface area (Å²) in [6.45, 7) is 1.96. The Morgan fingerprint density at radius 1 is 1.44 bits per heavy atom. The van der Waals surface area contributed by atoms with Crippen LogP contribution in [0.15, 0.2) is 34.7 Å². The maximum absolute atomic E-state index is 11.5. The Morgan fingerprint density at radius 2 is 2.17 bits per heavy atom. The van der Waals surface area contributed by atoms with Gasteiger partial charge in [0.15, 0.2) is 0 Å². The lowest BCUT2D eigenvalue weighted by Crippen LogP contribution is -2.07. The Kier molecular flexibility index (Phi) is 3.47. The van der Waals surface area contributed by atoms with Gasteiger partial charge in [0.25, 0.3) is 0 Å². The Hall–Kier alpha value is -2.50. The van der Waals surface area contributed by atoms with Gasteiger partial charge in [-0.15, -0.1) is 0 Å². The van der Waals surface area contributed by atoms with Crippen molar-refractivity contribution in [1.29, 1.82) is 0 Å². The normalized spacial score (nSPS) is 10.1. The molecule has 6 heteroatoms. The predicted octanol–water partition coefficient (Wildman–Crippen LogP) is 2.18. The minimum atomic E-state index is -0.597. The summed E-state index contributed by atoms with van der Waals surface area (Å²) in [5.41, 5.74) is 6.32. The van der Waals surface area contributed by atoms with Crippen LogP contribution >= 0.6 is 0 Å². The molecule has 0 saturated carbocycles. The van der Waals surface area contributed by atoms with Crippen molar-refractivity contribution in [2.24, 2.45) is 0 Å². The first kappa shape index (κ1) is 12.0. The Morgan fingerprint density at radius 3 is 2.83 bits per heavy atom. The number of rotatable bonds is 4. The van der Waals surface area contributed by atoms with Gasteiger partial charge in [0.1, 0.15) is 0 Å². The minimum absolute atomic E-state index is 0.0183. The third kappa shape index (κ3) is 2.60. The summed E-state index contributed by atoms with van der Waals surface area (Å²) in [5, 5.41) is 2.90. The molecule has 0 saturated heterocycles. The van der Waals surface area contributed by atoms with Crippen LogP contribution < -0.4 is 11.1 Å². The van der Waals surface area contributed by atoms with Gasteiger partial charge in [-0.3, -0.25) is 0 Å². The first-order valence-electron chi connectivity index (χ1n) is 5.46. The van der Waals surface area contributed by atoms with Crippen LogP contribution in [-0.2, 0) is 4.74 Å². The highest BCUT2D eigenvalue weighted by Gasteiger charge is 2.19. The fourth-order valence-electron chi connectivity index (χ4n) is 1.38. The van der Waals surface area contributed by atoms with Crippen molar-refractivity contribution in [3.8, 4) is 0 Å². The van der Waals surface area contributed by atoms with Crippen LogP contribution in [0.4, 0.5) is 17.6 Å². The van der Waals surface area contributed by atoms with E-state index in [4.69, 9.17) is 14.9 Å². The Bertz CT molecular complexity index is 537. The first-order valence-corrected chi connectivity index (χ1v) is 5.46. The molecule has 0 bridgehead atoms. The van der Waals surface area contributed by atoms with Crippen molar-refractivity contribution in [2.75, 3.05) is 17.7 Å². The molecule has 0 radical (unpaired) electrons. The number of oxazole rings is 1. The van der Waals surface area contributed by atoms with Crippen LogP contribution in [0.25, 0.3) is 0 Å². The van der Waals surface area contributed by atoms with Crippen molar-refractivity contribution < 1.29 is 13.9 Å². The summed E-state index contributed by atoms with van der Waals surface area (Å²) < 4.78 is 9.94. The highest BCUT2D eigenvalue weighted by Crippen LogP contribution is 2.21. The molecule has 0 spiro atoms. The molecule has 0 aliphatic carbocycles. The second-order valence-corrected chi connectivity index (χ2v) is 3.44. The van der Waals surface area contributed by atoms with Gasteiger partial charge >= 0.3 is 12.0 Å². The first-order chi connectivity index (χ1) is 8.70. The average Bonchev–Trinajstić information content (AvgIpc) is 2.72. The largest absolute Gasteiger partial charge is 0.461 e. The maximum atomic E-state index is 11.5. The van der Waals surface area contributed by atoms with Crippen LogP contribution in [0.5, 0.6) is 0 Å². The number of anilines is 3. The molecule has 3 N–H and O–H groups in total. The summed E-state index contributed by atoms with van der Waals surface area (Å²) in [6, 6.07) is 9.44. The number of nitrogens with zero attached hydrogens (tertiary/aromatic N) is 1. The number of hydrogen-bond acceptors (Lipinski definition) is 6. The fourth-order valence-corrected chi connectivity index (χ4v) is 1.38. The molecule has 1 aromatic carbocycles. The van der Waals surface area contributed by atoms with E-state index >= 15 is 0 Å². The molecule has 0 aliphatic rings. The molecule has 1 heterocycles. The minimum Gasteiger partial charge on any atom is -0.461 e. The summed E-state index contributed by atoms with van der Waals surface area (Å²) >= 11 is 0. The summed E-state index contributed by atoms with van der Waals surface area (Å²) in [4.78, 5) is 15.4. The van der Waals surface area contributed by atoms with E-state index in [0.29, 0.717) is 0 Å². The number of nitrogens with one attached hydrogen (secondary N) is 1. The Balaban J connectivity index is 2.16. The zero-order valence-corrected chi connectivity index (χ0v) is 9.84. The predicted molar refractivity (Wildman–Crippen MR) is 66.6 cm³/mol. The SMILES string of the molecule is CCOC(=O)c1nc(Nc2ccccc2)oc1N. The smallest absolute Gasteiger partial charge is 0.362 e. The van der Waals surface area contributed by atoms with Crippen LogP contribution in [0, 0.1) is 0 Å². The van der Waals surface area contributed by atoms with Gasteiger partial charge in [0, 0.05) is 5.69 Å². The number of nitrogen functional groups attached to an aromatic ring is 1. The third-order valence-electron chi connectivity index (χ3n) is 2.15. The molecule has 18 heavy (non-hydrogen) atoms. The molecule has 0 fully saturated rings. The van der Waals surface area contributed by atoms with Crippen LogP contribution in [0.2, 0.25) is 0 Å². The lowest BCUT2D eigenvalue weighted by Gasteiger charge is -1.99. The van der Waals surface area contributed by atoms with Gasteiger partial charge < -0.3 is 20.2 Å². The number of carbonyl (C=O) groups is 1. The van der Waals surface area contributed by atoms with Crippen LogP contribution in [0.3, 0.4) is 0 Å². The molecule has 2 aromatic rings. The quantitative estimate of drug-likeness (QED) is 0.805. The number of hydrogen-bond donors (Lipinski definition) is 2. The molecule has 0 unspecified atom stereocenters. The molecule has 94 valence electrons. The van der Waals surface area contributed by atoms with E-state index in [-0.39, 0.29) is 24.2 Å². The van der Waals surface area contributed by atoms with E-state index < -0.39 is 5.97 Å².